The normalized spacial score (nSPS) is 12.6. The van der Waals surface area contributed by atoms with Crippen molar-refractivity contribution in [2.75, 3.05) is 4.90 Å². The van der Waals surface area contributed by atoms with Gasteiger partial charge in [0.1, 0.15) is 0 Å². The average Bonchev–Trinajstić information content (AvgIpc) is 3.94. The highest BCUT2D eigenvalue weighted by Gasteiger charge is 2.49. The first-order chi connectivity index (χ1) is 33.2. The predicted molar refractivity (Wildman–Crippen MR) is 290 cm³/mol. The van der Waals surface area contributed by atoms with Gasteiger partial charge in [0.05, 0.1) is 0 Å². The molecule has 0 bridgehead atoms. The minimum absolute atomic E-state index is 1.11. The monoisotopic (exact) mass is 885 g/mol. The summed E-state index contributed by atoms with van der Waals surface area (Å²) < 4.78 is 2.63. The van der Waals surface area contributed by atoms with Crippen LogP contribution in [0.3, 0.4) is 0 Å². The molecule has 0 saturated carbocycles. The molecule has 1 nitrogen and oxygen atoms in total. The standard InChI is InChI=1S/C64H43NSSi/c1-5-16-44(17-6-1)46-28-35-51(36-29-46)65(52-37-30-47(31-38-52)45-18-7-2-8-19-45)53-21-15-20-49(42-53)50-33-39-58-57(43-50)63-59(66-58)40-32-48-34-41-61-64(62(48)63)56-26-13-14-27-60(56)67(61,54-22-9-3-10-23-54)55-24-11-4-12-25-55/h1-43H. The van der Waals surface area contributed by atoms with Crippen molar-refractivity contribution in [2.24, 2.45) is 0 Å². The summed E-state index contributed by atoms with van der Waals surface area (Å²) in [4.78, 5) is 2.38. The molecule has 13 rings (SSSR count). The highest BCUT2D eigenvalue weighted by atomic mass is 32.1. The molecule has 1 aliphatic heterocycles. The van der Waals surface area contributed by atoms with Crippen LogP contribution >= 0.6 is 11.3 Å². The van der Waals surface area contributed by atoms with Gasteiger partial charge in [-0.25, -0.2) is 0 Å². The number of hydrogen-bond donors (Lipinski definition) is 0. The molecule has 0 radical (unpaired) electrons. The maximum absolute atomic E-state index is 2.66. The fraction of sp³-hybridized carbons (Fsp3) is 0. The summed E-state index contributed by atoms with van der Waals surface area (Å²) in [5.74, 6) is 0. The molecule has 11 aromatic carbocycles. The molecule has 2 heterocycles. The van der Waals surface area contributed by atoms with Gasteiger partial charge in [-0.1, -0.05) is 206 Å². The lowest BCUT2D eigenvalue weighted by molar-refractivity contribution is 1.28. The lowest BCUT2D eigenvalue weighted by Crippen LogP contribution is -2.72. The lowest BCUT2D eigenvalue weighted by Gasteiger charge is -2.31. The van der Waals surface area contributed by atoms with Gasteiger partial charge in [-0.05, 0) is 131 Å². The summed E-state index contributed by atoms with van der Waals surface area (Å²) in [5.41, 5.74) is 13.3. The molecule has 0 saturated heterocycles. The second kappa shape index (κ2) is 16.1. The van der Waals surface area contributed by atoms with Crippen molar-refractivity contribution < 1.29 is 0 Å². The second-order valence-electron chi connectivity index (χ2n) is 17.6. The van der Waals surface area contributed by atoms with Crippen molar-refractivity contribution in [2.45, 2.75) is 0 Å². The molecule has 12 aromatic rings. The van der Waals surface area contributed by atoms with Crippen LogP contribution in [0.4, 0.5) is 17.1 Å². The fourth-order valence-corrected chi connectivity index (χ4v) is 17.2. The van der Waals surface area contributed by atoms with Crippen LogP contribution in [0.5, 0.6) is 0 Å². The Morgan fingerprint density at radius 2 is 0.806 bits per heavy atom. The van der Waals surface area contributed by atoms with Crippen LogP contribution in [0.15, 0.2) is 261 Å². The lowest BCUT2D eigenvalue weighted by atomic mass is 9.94. The van der Waals surface area contributed by atoms with Crippen LogP contribution in [0, 0.1) is 0 Å². The number of hydrogen-bond acceptors (Lipinski definition) is 2. The Morgan fingerprint density at radius 1 is 0.313 bits per heavy atom. The van der Waals surface area contributed by atoms with E-state index in [1.165, 1.54) is 96.2 Å². The number of fused-ring (bicyclic) bond motifs is 9. The van der Waals surface area contributed by atoms with Crippen molar-refractivity contribution in [3.63, 3.8) is 0 Å². The largest absolute Gasteiger partial charge is 0.310 e. The van der Waals surface area contributed by atoms with E-state index >= 15 is 0 Å². The Bertz CT molecular complexity index is 3650. The SMILES string of the molecule is c1ccc(-c2ccc(N(c3ccc(-c4ccccc4)cc3)c3cccc(-c4ccc5sc6ccc7ccc8c(c7c6c5c4)-c4ccccc4[Si]8(c4ccccc4)c4ccccc4)c3)cc2)cc1. The van der Waals surface area contributed by atoms with Gasteiger partial charge in [-0.15, -0.1) is 11.3 Å². The minimum Gasteiger partial charge on any atom is -0.310 e. The summed E-state index contributed by atoms with van der Waals surface area (Å²) in [7, 11) is -2.66. The molecule has 3 heteroatoms. The molecule has 0 amide bonds. The van der Waals surface area contributed by atoms with Crippen LogP contribution in [-0.2, 0) is 0 Å². The topological polar surface area (TPSA) is 3.24 Å². The first kappa shape index (κ1) is 39.3. The van der Waals surface area contributed by atoms with Crippen molar-refractivity contribution in [1.82, 2.24) is 0 Å². The molecule has 0 N–H and O–H groups in total. The molecule has 0 fully saturated rings. The number of rotatable bonds is 8. The van der Waals surface area contributed by atoms with E-state index in [9.17, 15) is 0 Å². The summed E-state index contributed by atoms with van der Waals surface area (Å²) in [6, 6.07) is 96.9. The Balaban J connectivity index is 0.980. The minimum atomic E-state index is -2.66. The van der Waals surface area contributed by atoms with Gasteiger partial charge in [0.15, 0.2) is 8.07 Å². The molecule has 0 aliphatic carbocycles. The van der Waals surface area contributed by atoms with Gasteiger partial charge in [0, 0.05) is 37.2 Å². The Kier molecular flexibility index (Phi) is 9.45. The summed E-state index contributed by atoms with van der Waals surface area (Å²) in [6.07, 6.45) is 0. The maximum atomic E-state index is 2.47. The third kappa shape index (κ3) is 6.42. The Hall–Kier alpha value is -8.08. The smallest absolute Gasteiger partial charge is 0.180 e. The fourth-order valence-electron chi connectivity index (χ4n) is 10.9. The van der Waals surface area contributed by atoms with E-state index in [0.717, 1.165) is 17.1 Å². The summed E-state index contributed by atoms with van der Waals surface area (Å²) in [6.45, 7) is 0. The van der Waals surface area contributed by atoms with E-state index in [1.807, 2.05) is 11.3 Å². The van der Waals surface area contributed by atoms with E-state index < -0.39 is 8.07 Å². The van der Waals surface area contributed by atoms with Crippen LogP contribution in [-0.4, -0.2) is 8.07 Å². The van der Waals surface area contributed by atoms with Crippen molar-refractivity contribution in [3.8, 4) is 44.5 Å². The van der Waals surface area contributed by atoms with Crippen LogP contribution < -0.4 is 25.6 Å². The maximum Gasteiger partial charge on any atom is 0.180 e. The van der Waals surface area contributed by atoms with Gasteiger partial charge in [0.2, 0.25) is 0 Å². The second-order valence-corrected chi connectivity index (χ2v) is 22.4. The molecule has 67 heavy (non-hydrogen) atoms. The Morgan fingerprint density at radius 3 is 1.43 bits per heavy atom. The third-order valence-corrected chi connectivity index (χ3v) is 19.9. The number of anilines is 3. The first-order valence-electron chi connectivity index (χ1n) is 23.1. The molecule has 314 valence electrons. The van der Waals surface area contributed by atoms with Crippen molar-refractivity contribution in [1.29, 1.82) is 0 Å². The number of nitrogens with zero attached hydrogens (tertiary/aromatic N) is 1. The molecule has 1 aliphatic rings. The van der Waals surface area contributed by atoms with E-state index in [1.54, 1.807) is 0 Å². The van der Waals surface area contributed by atoms with Gasteiger partial charge in [-0.3, -0.25) is 0 Å². The zero-order valence-corrected chi connectivity index (χ0v) is 38.5. The van der Waals surface area contributed by atoms with Gasteiger partial charge in [-0.2, -0.15) is 0 Å². The predicted octanol–water partition coefficient (Wildman–Crippen LogP) is 15.0. The summed E-state index contributed by atoms with van der Waals surface area (Å²) >= 11 is 1.90. The Labute approximate surface area is 396 Å². The number of benzene rings is 11. The van der Waals surface area contributed by atoms with Crippen molar-refractivity contribution >= 4 is 88.2 Å². The quantitative estimate of drug-likeness (QED) is 0.137. The molecule has 0 unspecified atom stereocenters. The van der Waals surface area contributed by atoms with Crippen LogP contribution in [0.25, 0.3) is 75.5 Å². The zero-order chi connectivity index (χ0) is 44.3. The average molecular weight is 886 g/mol. The highest BCUT2D eigenvalue weighted by Crippen LogP contribution is 2.46. The number of thiophene rings is 1. The van der Waals surface area contributed by atoms with E-state index in [-0.39, 0.29) is 0 Å². The highest BCUT2D eigenvalue weighted by molar-refractivity contribution is 7.26. The van der Waals surface area contributed by atoms with E-state index in [4.69, 9.17) is 0 Å². The third-order valence-electron chi connectivity index (χ3n) is 13.9. The summed E-state index contributed by atoms with van der Waals surface area (Å²) in [5, 5.41) is 11.1. The molecule has 0 spiro atoms. The van der Waals surface area contributed by atoms with Crippen LogP contribution in [0.2, 0.25) is 0 Å². The van der Waals surface area contributed by atoms with Crippen molar-refractivity contribution in [3.05, 3.63) is 261 Å². The first-order valence-corrected chi connectivity index (χ1v) is 25.9. The molecular formula is C64H43NSSi. The van der Waals surface area contributed by atoms with E-state index in [2.05, 4.69) is 266 Å². The van der Waals surface area contributed by atoms with Gasteiger partial charge in [0.25, 0.3) is 0 Å². The van der Waals surface area contributed by atoms with E-state index in [0.29, 0.717) is 0 Å². The molecule has 1 aromatic heterocycles. The van der Waals surface area contributed by atoms with Gasteiger partial charge >= 0.3 is 0 Å². The van der Waals surface area contributed by atoms with Gasteiger partial charge < -0.3 is 4.90 Å². The van der Waals surface area contributed by atoms with Crippen LogP contribution in [0.1, 0.15) is 0 Å². The molecule has 0 atom stereocenters. The zero-order valence-electron chi connectivity index (χ0n) is 36.7. The molecular weight excluding hydrogens is 843 g/mol.